The number of fused-ring (bicyclic) bond motifs is 1. The summed E-state index contributed by atoms with van der Waals surface area (Å²) in [6.45, 7) is 11.6. The molecule has 1 aliphatic carbocycles. The van der Waals surface area contributed by atoms with E-state index in [1.807, 2.05) is 0 Å². The van der Waals surface area contributed by atoms with Gasteiger partial charge in [0.25, 0.3) is 0 Å². The summed E-state index contributed by atoms with van der Waals surface area (Å²) in [6.07, 6.45) is 4.58. The topological polar surface area (TPSA) is 83.1 Å². The van der Waals surface area contributed by atoms with Crippen LogP contribution in [0.25, 0.3) is 0 Å². The number of aliphatic hydroxyl groups is 1. The second-order valence-corrected chi connectivity index (χ2v) is 13.4. The van der Waals surface area contributed by atoms with Crippen LogP contribution in [-0.4, -0.2) is 61.6 Å². The highest BCUT2D eigenvalue weighted by atomic mass is 19.1. The maximum atomic E-state index is 13.5. The van der Waals surface area contributed by atoms with Gasteiger partial charge in [0.05, 0.1) is 31.0 Å². The molecular weight excluding hydrogens is 521 g/mol. The van der Waals surface area contributed by atoms with Crippen LogP contribution in [0.2, 0.25) is 0 Å². The minimum absolute atomic E-state index is 0.0113. The first-order valence-electron chi connectivity index (χ1n) is 15.1. The maximum Gasteiger partial charge on any atom is 0.217 e. The predicted octanol–water partition coefficient (Wildman–Crippen LogP) is 4.70. The molecule has 8 heteroatoms. The van der Waals surface area contributed by atoms with Crippen molar-refractivity contribution in [1.29, 1.82) is 0 Å². The van der Waals surface area contributed by atoms with Crippen molar-refractivity contribution in [1.82, 2.24) is 10.6 Å². The van der Waals surface area contributed by atoms with E-state index in [1.54, 1.807) is 12.1 Å². The van der Waals surface area contributed by atoms with Gasteiger partial charge in [-0.15, -0.1) is 0 Å². The number of nitrogens with zero attached hydrogens (tertiary/aromatic N) is 1. The molecule has 0 radical (unpaired) electrons. The second-order valence-electron chi connectivity index (χ2n) is 13.4. The molecule has 2 fully saturated rings. The van der Waals surface area contributed by atoms with E-state index in [1.165, 1.54) is 24.6 Å². The highest BCUT2D eigenvalue weighted by Gasteiger charge is 2.47. The van der Waals surface area contributed by atoms with Gasteiger partial charge in [0.15, 0.2) is 0 Å². The molecule has 3 N–H and O–H groups in total. The average molecular weight is 568 g/mol. The van der Waals surface area contributed by atoms with E-state index in [0.717, 1.165) is 67.8 Å². The third kappa shape index (κ3) is 7.40. The van der Waals surface area contributed by atoms with Gasteiger partial charge in [0.1, 0.15) is 17.2 Å². The zero-order chi connectivity index (χ0) is 29.2. The Morgan fingerprint density at radius 1 is 1.15 bits per heavy atom. The fourth-order valence-corrected chi connectivity index (χ4v) is 6.44. The maximum absolute atomic E-state index is 13.5. The summed E-state index contributed by atoms with van der Waals surface area (Å²) in [5, 5.41) is 17.9. The lowest BCUT2D eigenvalue weighted by Crippen LogP contribution is -2.52. The SMILES string of the molecule is CC(=O)N[C@@H](Cc1ccc(F)cc1)[C@@H](O)CN[C@H]1CC2(CCC2)Oc2c1cc(CC(C)(C)C)cc2N1CCOCC1. The number of anilines is 1. The second kappa shape index (κ2) is 12.3. The van der Waals surface area contributed by atoms with Crippen LogP contribution < -0.4 is 20.3 Å². The van der Waals surface area contributed by atoms with Gasteiger partial charge in [-0.1, -0.05) is 39.0 Å². The summed E-state index contributed by atoms with van der Waals surface area (Å²) >= 11 is 0. The number of ether oxygens (including phenoxy) is 2. The Kier molecular flexibility index (Phi) is 8.92. The first kappa shape index (κ1) is 29.8. The van der Waals surface area contributed by atoms with Crippen molar-refractivity contribution in [2.24, 2.45) is 5.41 Å². The molecule has 0 unspecified atom stereocenters. The summed E-state index contributed by atoms with van der Waals surface area (Å²) in [5.41, 5.74) is 4.38. The Labute approximate surface area is 243 Å². The van der Waals surface area contributed by atoms with E-state index < -0.39 is 12.1 Å². The van der Waals surface area contributed by atoms with Crippen molar-refractivity contribution in [3.05, 3.63) is 58.9 Å². The third-order valence-electron chi connectivity index (χ3n) is 8.57. The Bertz CT molecular complexity index is 1200. The molecule has 2 aliphatic heterocycles. The molecule has 7 nitrogen and oxygen atoms in total. The normalized spacial score (nSPS) is 21.4. The largest absolute Gasteiger partial charge is 0.485 e. The Balaban J connectivity index is 1.42. The lowest BCUT2D eigenvalue weighted by Gasteiger charge is -2.49. The van der Waals surface area contributed by atoms with E-state index in [9.17, 15) is 14.3 Å². The molecule has 2 aromatic rings. The van der Waals surface area contributed by atoms with Gasteiger partial charge in [0.2, 0.25) is 5.91 Å². The van der Waals surface area contributed by atoms with Crippen LogP contribution in [0.1, 0.15) is 76.1 Å². The first-order chi connectivity index (χ1) is 19.5. The molecule has 1 saturated carbocycles. The van der Waals surface area contributed by atoms with Crippen molar-refractivity contribution in [2.75, 3.05) is 37.7 Å². The number of halogens is 1. The highest BCUT2D eigenvalue weighted by molar-refractivity contribution is 5.73. The van der Waals surface area contributed by atoms with Gasteiger partial charge in [-0.25, -0.2) is 4.39 Å². The summed E-state index contributed by atoms with van der Waals surface area (Å²) in [7, 11) is 0. The van der Waals surface area contributed by atoms with Crippen molar-refractivity contribution in [2.45, 2.75) is 90.0 Å². The van der Waals surface area contributed by atoms with Gasteiger partial charge in [-0.3, -0.25) is 4.79 Å². The van der Waals surface area contributed by atoms with Gasteiger partial charge < -0.3 is 30.1 Å². The Morgan fingerprint density at radius 3 is 2.46 bits per heavy atom. The van der Waals surface area contributed by atoms with Crippen LogP contribution in [0.15, 0.2) is 36.4 Å². The zero-order valence-electron chi connectivity index (χ0n) is 25.0. The lowest BCUT2D eigenvalue weighted by molar-refractivity contribution is -0.120. The number of carbonyl (C=O) groups excluding carboxylic acids is 1. The number of nitrogens with one attached hydrogen (secondary N) is 2. The number of rotatable bonds is 9. The highest BCUT2D eigenvalue weighted by Crippen LogP contribution is 2.52. The van der Waals surface area contributed by atoms with Crippen LogP contribution in [-0.2, 0) is 22.4 Å². The first-order valence-corrected chi connectivity index (χ1v) is 15.1. The van der Waals surface area contributed by atoms with Gasteiger partial charge >= 0.3 is 0 Å². The molecule has 224 valence electrons. The number of hydrogen-bond donors (Lipinski definition) is 3. The van der Waals surface area contributed by atoms with E-state index >= 15 is 0 Å². The van der Waals surface area contributed by atoms with Crippen molar-refractivity contribution < 1.29 is 23.8 Å². The average Bonchev–Trinajstić information content (AvgIpc) is 2.90. The quantitative estimate of drug-likeness (QED) is 0.408. The van der Waals surface area contributed by atoms with Gasteiger partial charge in [-0.05, 0) is 66.8 Å². The van der Waals surface area contributed by atoms with Crippen molar-refractivity contribution in [3.8, 4) is 5.75 Å². The standard InChI is InChI=1S/C33H46FN3O4/c1-22(38)36-27(17-23-6-8-25(34)9-7-23)30(39)21-35-28-20-33(10-5-11-33)41-31-26(28)16-24(19-32(2,3)4)18-29(31)37-12-14-40-15-13-37/h6-9,16,18,27-28,30,35,39H,5,10-15,17,19-21H2,1-4H3,(H,36,38)/t27-,28-,30-/m0/s1. The summed E-state index contributed by atoms with van der Waals surface area (Å²) in [5.74, 6) is 0.451. The smallest absolute Gasteiger partial charge is 0.217 e. The summed E-state index contributed by atoms with van der Waals surface area (Å²) in [6, 6.07) is 10.3. The fourth-order valence-electron chi connectivity index (χ4n) is 6.44. The van der Waals surface area contributed by atoms with Gasteiger partial charge in [0, 0.05) is 44.6 Å². The Hall–Kier alpha value is -2.68. The lowest BCUT2D eigenvalue weighted by atomic mass is 9.72. The fraction of sp³-hybridized carbons (Fsp3) is 0.606. The number of aliphatic hydroxyl groups excluding tert-OH is 1. The van der Waals surface area contributed by atoms with Crippen LogP contribution >= 0.6 is 0 Å². The number of carbonyl (C=O) groups is 1. The van der Waals surface area contributed by atoms with Crippen LogP contribution in [0.5, 0.6) is 5.75 Å². The van der Waals surface area contributed by atoms with Crippen LogP contribution in [0.3, 0.4) is 0 Å². The molecule has 1 spiro atoms. The van der Waals surface area contributed by atoms with E-state index in [4.69, 9.17) is 9.47 Å². The monoisotopic (exact) mass is 567 g/mol. The summed E-state index contributed by atoms with van der Waals surface area (Å²) in [4.78, 5) is 14.4. The van der Waals surface area contributed by atoms with Crippen molar-refractivity contribution >= 4 is 11.6 Å². The molecule has 5 rings (SSSR count). The molecule has 41 heavy (non-hydrogen) atoms. The number of morpholine rings is 1. The van der Waals surface area contributed by atoms with E-state index in [-0.39, 0.29) is 28.8 Å². The zero-order valence-corrected chi connectivity index (χ0v) is 25.0. The van der Waals surface area contributed by atoms with E-state index in [0.29, 0.717) is 26.2 Å². The molecule has 1 amide bonds. The number of hydrogen-bond acceptors (Lipinski definition) is 6. The molecule has 0 aromatic heterocycles. The number of benzene rings is 2. The summed E-state index contributed by atoms with van der Waals surface area (Å²) < 4.78 is 26.0. The third-order valence-corrected chi connectivity index (χ3v) is 8.57. The number of amides is 1. The molecule has 3 atom stereocenters. The molecule has 1 saturated heterocycles. The minimum atomic E-state index is -0.830. The van der Waals surface area contributed by atoms with Crippen LogP contribution in [0, 0.1) is 11.2 Å². The minimum Gasteiger partial charge on any atom is -0.485 e. The van der Waals surface area contributed by atoms with Crippen molar-refractivity contribution in [3.63, 3.8) is 0 Å². The Morgan fingerprint density at radius 2 is 1.85 bits per heavy atom. The molecule has 3 aliphatic rings. The van der Waals surface area contributed by atoms with E-state index in [2.05, 4.69) is 48.4 Å². The molecule has 2 aromatic carbocycles. The molecular formula is C33H46FN3O4. The molecule has 0 bridgehead atoms. The van der Waals surface area contributed by atoms with Crippen LogP contribution in [0.4, 0.5) is 10.1 Å². The van der Waals surface area contributed by atoms with Gasteiger partial charge in [-0.2, -0.15) is 0 Å². The predicted molar refractivity (Wildman–Crippen MR) is 159 cm³/mol. The molecule has 2 heterocycles.